The molecule has 1 heterocycles. The average Bonchev–Trinajstić information content (AvgIpc) is 2.94. The number of hydrogen-bond donors (Lipinski definition) is 2. The molecule has 0 aliphatic heterocycles. The molecule has 1 aromatic heterocycles. The quantitative estimate of drug-likeness (QED) is 0.416. The highest BCUT2D eigenvalue weighted by Crippen LogP contribution is 2.14. The summed E-state index contributed by atoms with van der Waals surface area (Å²) in [5.74, 6) is 0.658. The number of alkyl halides is 3. The summed E-state index contributed by atoms with van der Waals surface area (Å²) in [5.41, 5.74) is 0. The maximum Gasteiger partial charge on any atom is 0.411 e. The Hall–Kier alpha value is -1.70. The van der Waals surface area contributed by atoms with E-state index in [2.05, 4.69) is 20.4 Å². The Morgan fingerprint density at radius 1 is 1.23 bits per heavy atom. The molecule has 22 heavy (non-hydrogen) atoms. The van der Waals surface area contributed by atoms with Crippen LogP contribution in [0.4, 0.5) is 13.2 Å². The lowest BCUT2D eigenvalue weighted by Crippen LogP contribution is -2.38. The molecular weight excluding hydrogens is 297 g/mol. The van der Waals surface area contributed by atoms with E-state index in [1.807, 2.05) is 36.0 Å². The van der Waals surface area contributed by atoms with Gasteiger partial charge in [0.1, 0.15) is 6.61 Å². The zero-order valence-electron chi connectivity index (χ0n) is 12.7. The Bertz CT molecular complexity index is 418. The van der Waals surface area contributed by atoms with E-state index < -0.39 is 12.8 Å². The highest BCUT2D eigenvalue weighted by atomic mass is 19.4. The van der Waals surface area contributed by atoms with E-state index in [0.29, 0.717) is 25.5 Å². The summed E-state index contributed by atoms with van der Waals surface area (Å²) in [6, 6.07) is 3.92. The van der Waals surface area contributed by atoms with Gasteiger partial charge in [-0.1, -0.05) is 0 Å². The first-order valence-electron chi connectivity index (χ1n) is 7.28. The highest BCUT2D eigenvalue weighted by Gasteiger charge is 2.27. The van der Waals surface area contributed by atoms with E-state index in [-0.39, 0.29) is 6.61 Å². The lowest BCUT2D eigenvalue weighted by molar-refractivity contribution is -0.173. The molecule has 0 amide bonds. The van der Waals surface area contributed by atoms with Crippen LogP contribution in [-0.2, 0) is 11.3 Å². The van der Waals surface area contributed by atoms with Crippen LogP contribution in [0.5, 0.6) is 0 Å². The van der Waals surface area contributed by atoms with Gasteiger partial charge in [0, 0.05) is 45.2 Å². The summed E-state index contributed by atoms with van der Waals surface area (Å²) >= 11 is 0. The van der Waals surface area contributed by atoms with Crippen molar-refractivity contribution in [1.82, 2.24) is 15.2 Å². The fourth-order valence-corrected chi connectivity index (χ4v) is 1.71. The summed E-state index contributed by atoms with van der Waals surface area (Å²) in [4.78, 5) is 4.29. The highest BCUT2D eigenvalue weighted by molar-refractivity contribution is 5.79. The average molecular weight is 320 g/mol. The second-order valence-corrected chi connectivity index (χ2v) is 4.63. The molecule has 0 fully saturated rings. The lowest BCUT2D eigenvalue weighted by Gasteiger charge is -2.12. The molecule has 0 unspecified atom stereocenters. The Morgan fingerprint density at radius 3 is 2.59 bits per heavy atom. The fourth-order valence-electron chi connectivity index (χ4n) is 1.71. The standard InChI is InChI=1S/C14H23F3N4O/c1-2-18-13(20-7-10-21-8-3-4-9-21)19-6-5-11-22-12-14(15,16)17/h3-4,8-9H,2,5-7,10-12H2,1H3,(H2,18,19,20). The minimum atomic E-state index is -4.27. The Labute approximate surface area is 128 Å². The van der Waals surface area contributed by atoms with E-state index in [1.165, 1.54) is 0 Å². The van der Waals surface area contributed by atoms with Crippen molar-refractivity contribution in [2.24, 2.45) is 4.99 Å². The van der Waals surface area contributed by atoms with Crippen molar-refractivity contribution >= 4 is 5.96 Å². The van der Waals surface area contributed by atoms with Gasteiger partial charge in [0.2, 0.25) is 0 Å². The van der Waals surface area contributed by atoms with Crippen molar-refractivity contribution in [2.75, 3.05) is 32.8 Å². The van der Waals surface area contributed by atoms with Crippen molar-refractivity contribution in [3.63, 3.8) is 0 Å². The van der Waals surface area contributed by atoms with Gasteiger partial charge in [-0.05, 0) is 25.5 Å². The lowest BCUT2D eigenvalue weighted by atomic mass is 10.4. The van der Waals surface area contributed by atoms with E-state index >= 15 is 0 Å². The predicted molar refractivity (Wildman–Crippen MR) is 79.9 cm³/mol. The summed E-state index contributed by atoms with van der Waals surface area (Å²) in [7, 11) is 0. The molecule has 5 nitrogen and oxygen atoms in total. The predicted octanol–water partition coefficient (Wildman–Crippen LogP) is 2.01. The minimum absolute atomic E-state index is 0.0474. The molecule has 1 aromatic rings. The van der Waals surface area contributed by atoms with Crippen LogP contribution in [-0.4, -0.2) is 49.6 Å². The van der Waals surface area contributed by atoms with Gasteiger partial charge < -0.3 is 19.9 Å². The first-order valence-corrected chi connectivity index (χ1v) is 7.28. The van der Waals surface area contributed by atoms with Crippen LogP contribution in [0, 0.1) is 0 Å². The van der Waals surface area contributed by atoms with E-state index in [4.69, 9.17) is 0 Å². The third-order valence-corrected chi connectivity index (χ3v) is 2.66. The van der Waals surface area contributed by atoms with Gasteiger partial charge in [0.15, 0.2) is 5.96 Å². The summed E-state index contributed by atoms with van der Waals surface area (Å²) in [6.07, 6.45) is 0.135. The maximum absolute atomic E-state index is 11.9. The second kappa shape index (κ2) is 10.1. The van der Waals surface area contributed by atoms with Gasteiger partial charge in [0.05, 0.1) is 0 Å². The number of nitrogens with one attached hydrogen (secondary N) is 2. The molecule has 0 aliphatic rings. The van der Waals surface area contributed by atoms with Crippen LogP contribution in [0.1, 0.15) is 13.3 Å². The number of rotatable bonds is 9. The molecule has 0 spiro atoms. The molecule has 1 rings (SSSR count). The Morgan fingerprint density at radius 2 is 1.95 bits per heavy atom. The van der Waals surface area contributed by atoms with Crippen molar-refractivity contribution in [3.05, 3.63) is 24.5 Å². The maximum atomic E-state index is 11.9. The summed E-state index contributed by atoms with van der Waals surface area (Å²) in [5, 5.41) is 6.26. The molecule has 0 aromatic carbocycles. The molecular formula is C14H23F3N4O. The molecule has 0 saturated heterocycles. The summed E-state index contributed by atoms with van der Waals surface area (Å²) in [6.45, 7) is 3.46. The first kappa shape index (κ1) is 18.3. The summed E-state index contributed by atoms with van der Waals surface area (Å²) < 4.78 is 42.2. The second-order valence-electron chi connectivity index (χ2n) is 4.63. The van der Waals surface area contributed by atoms with E-state index in [0.717, 1.165) is 13.1 Å². The SMILES string of the molecule is CCNC(=NCCCOCC(F)(F)F)NCCn1cccc1. The number of aromatic nitrogens is 1. The third kappa shape index (κ3) is 9.28. The van der Waals surface area contributed by atoms with Crippen LogP contribution in [0.25, 0.3) is 0 Å². The van der Waals surface area contributed by atoms with Gasteiger partial charge in [0.25, 0.3) is 0 Å². The third-order valence-electron chi connectivity index (χ3n) is 2.66. The van der Waals surface area contributed by atoms with E-state index in [9.17, 15) is 13.2 Å². The number of halogens is 3. The first-order chi connectivity index (χ1) is 10.5. The number of hydrogen-bond acceptors (Lipinski definition) is 2. The van der Waals surface area contributed by atoms with Gasteiger partial charge in [-0.3, -0.25) is 4.99 Å². The molecule has 0 saturated carbocycles. The van der Waals surface area contributed by atoms with Crippen molar-refractivity contribution in [3.8, 4) is 0 Å². The molecule has 0 atom stereocenters. The zero-order chi connectivity index (χ0) is 16.3. The van der Waals surface area contributed by atoms with Crippen LogP contribution in [0.15, 0.2) is 29.5 Å². The monoisotopic (exact) mass is 320 g/mol. The van der Waals surface area contributed by atoms with Crippen LogP contribution >= 0.6 is 0 Å². The van der Waals surface area contributed by atoms with Gasteiger partial charge in [-0.2, -0.15) is 13.2 Å². The Balaban J connectivity index is 2.18. The molecule has 2 N–H and O–H groups in total. The molecule has 8 heteroatoms. The van der Waals surface area contributed by atoms with Crippen molar-refractivity contribution in [2.45, 2.75) is 26.1 Å². The van der Waals surface area contributed by atoms with Gasteiger partial charge in [-0.15, -0.1) is 0 Å². The van der Waals surface area contributed by atoms with Crippen LogP contribution in [0.3, 0.4) is 0 Å². The molecule has 126 valence electrons. The number of ether oxygens (including phenoxy) is 1. The minimum Gasteiger partial charge on any atom is -0.372 e. The van der Waals surface area contributed by atoms with Crippen LogP contribution in [0.2, 0.25) is 0 Å². The normalized spacial score (nSPS) is 12.5. The van der Waals surface area contributed by atoms with E-state index in [1.54, 1.807) is 0 Å². The van der Waals surface area contributed by atoms with Gasteiger partial charge >= 0.3 is 6.18 Å². The number of nitrogens with zero attached hydrogens (tertiary/aromatic N) is 2. The molecule has 0 bridgehead atoms. The fraction of sp³-hybridized carbons (Fsp3) is 0.643. The molecule has 0 aliphatic carbocycles. The topological polar surface area (TPSA) is 50.6 Å². The molecule has 0 radical (unpaired) electrons. The Kier molecular flexibility index (Phi) is 8.42. The van der Waals surface area contributed by atoms with Crippen molar-refractivity contribution in [1.29, 1.82) is 0 Å². The number of aliphatic imine (C=N–C) groups is 1. The largest absolute Gasteiger partial charge is 0.411 e. The van der Waals surface area contributed by atoms with Gasteiger partial charge in [-0.25, -0.2) is 0 Å². The smallest absolute Gasteiger partial charge is 0.372 e. The van der Waals surface area contributed by atoms with Crippen molar-refractivity contribution < 1.29 is 17.9 Å². The zero-order valence-corrected chi connectivity index (χ0v) is 12.7. The van der Waals surface area contributed by atoms with Crippen LogP contribution < -0.4 is 10.6 Å². The number of guanidine groups is 1.